The maximum Gasteiger partial charge on any atom is 0.122 e. The van der Waals surface area contributed by atoms with Crippen LogP contribution in [0.25, 0.3) is 0 Å². The van der Waals surface area contributed by atoms with Crippen LogP contribution < -0.4 is 19.9 Å². The van der Waals surface area contributed by atoms with E-state index in [0.717, 1.165) is 23.7 Å². The highest BCUT2D eigenvalue weighted by Crippen LogP contribution is 2.23. The van der Waals surface area contributed by atoms with Crippen molar-refractivity contribution in [3.63, 3.8) is 0 Å². The number of rotatable bonds is 9. The Morgan fingerprint density at radius 1 is 0.957 bits per heavy atom. The van der Waals surface area contributed by atoms with E-state index < -0.39 is 0 Å². The van der Waals surface area contributed by atoms with Gasteiger partial charge in [0, 0.05) is 6.07 Å². The predicted octanol–water partition coefficient (Wildman–Crippen LogP) is 3.61. The lowest BCUT2D eigenvalue weighted by Crippen LogP contribution is -2.15. The zero-order valence-electron chi connectivity index (χ0n) is 13.8. The molecule has 0 aliphatic rings. The second kappa shape index (κ2) is 9.06. The van der Waals surface area contributed by atoms with Gasteiger partial charge in [0.1, 0.15) is 17.2 Å². The van der Waals surface area contributed by atoms with Gasteiger partial charge in [0.2, 0.25) is 0 Å². The monoisotopic (exact) mass is 315 g/mol. The van der Waals surface area contributed by atoms with Crippen LogP contribution in [-0.2, 0) is 0 Å². The fraction of sp³-hybridized carbons (Fsp3) is 0.368. The smallest absolute Gasteiger partial charge is 0.122 e. The molecule has 0 radical (unpaired) electrons. The van der Waals surface area contributed by atoms with E-state index in [0.29, 0.717) is 19.8 Å². The molecule has 1 unspecified atom stereocenters. The van der Waals surface area contributed by atoms with Crippen LogP contribution in [0.3, 0.4) is 0 Å². The van der Waals surface area contributed by atoms with Crippen molar-refractivity contribution in [2.75, 3.05) is 26.9 Å². The Kier molecular flexibility index (Phi) is 6.76. The normalized spacial score (nSPS) is 11.8. The Hall–Kier alpha value is -2.20. The molecule has 0 fully saturated rings. The van der Waals surface area contributed by atoms with Crippen LogP contribution >= 0.6 is 0 Å². The van der Waals surface area contributed by atoms with Gasteiger partial charge in [-0.05, 0) is 55.6 Å². The lowest BCUT2D eigenvalue weighted by Gasteiger charge is -2.16. The van der Waals surface area contributed by atoms with Crippen LogP contribution in [0.4, 0.5) is 0 Å². The number of hydrogen-bond donors (Lipinski definition) is 1. The molecule has 2 aromatic carbocycles. The van der Waals surface area contributed by atoms with Gasteiger partial charge in [-0.3, -0.25) is 0 Å². The van der Waals surface area contributed by atoms with E-state index >= 15 is 0 Å². The van der Waals surface area contributed by atoms with Crippen molar-refractivity contribution in [3.8, 4) is 17.2 Å². The van der Waals surface area contributed by atoms with Gasteiger partial charge in [-0.15, -0.1) is 0 Å². The third kappa shape index (κ3) is 5.18. The zero-order chi connectivity index (χ0) is 16.5. The molecule has 0 bridgehead atoms. The van der Waals surface area contributed by atoms with Crippen LogP contribution in [0.15, 0.2) is 48.5 Å². The Bertz CT molecular complexity index is 583. The molecule has 23 heavy (non-hydrogen) atoms. The molecule has 0 aliphatic carbocycles. The fourth-order valence-electron chi connectivity index (χ4n) is 2.43. The standard InChI is InChI=1S/C19H25NO3/c1-3-22-17-9-7-15(8-10-17)16(14-20)11-12-23-19-6-4-5-18(13-19)21-2/h4-10,13,16H,3,11-12,14,20H2,1-2H3. The average molecular weight is 315 g/mol. The Morgan fingerprint density at radius 2 is 1.70 bits per heavy atom. The molecule has 0 aromatic heterocycles. The number of hydrogen-bond acceptors (Lipinski definition) is 4. The third-order valence-corrected chi connectivity index (χ3v) is 3.72. The molecule has 2 rings (SSSR count). The SMILES string of the molecule is CCOc1ccc(C(CN)CCOc2cccc(OC)c2)cc1. The van der Waals surface area contributed by atoms with Gasteiger partial charge in [-0.1, -0.05) is 18.2 Å². The summed E-state index contributed by atoms with van der Waals surface area (Å²) in [6, 6.07) is 15.8. The van der Waals surface area contributed by atoms with Gasteiger partial charge in [-0.25, -0.2) is 0 Å². The van der Waals surface area contributed by atoms with Crippen LogP contribution in [0, 0.1) is 0 Å². The summed E-state index contributed by atoms with van der Waals surface area (Å²) >= 11 is 0. The van der Waals surface area contributed by atoms with Crippen LogP contribution in [0.5, 0.6) is 17.2 Å². The van der Waals surface area contributed by atoms with E-state index in [2.05, 4.69) is 12.1 Å². The Morgan fingerprint density at radius 3 is 2.35 bits per heavy atom. The second-order valence-electron chi connectivity index (χ2n) is 5.25. The number of nitrogens with two attached hydrogens (primary N) is 1. The number of benzene rings is 2. The van der Waals surface area contributed by atoms with Gasteiger partial charge in [0.15, 0.2) is 0 Å². The molecule has 1 atom stereocenters. The quantitative estimate of drug-likeness (QED) is 0.768. The molecule has 0 aliphatic heterocycles. The molecule has 0 saturated carbocycles. The minimum absolute atomic E-state index is 0.274. The molecular weight excluding hydrogens is 290 g/mol. The van der Waals surface area contributed by atoms with Gasteiger partial charge >= 0.3 is 0 Å². The summed E-state index contributed by atoms with van der Waals surface area (Å²) in [6.45, 7) is 3.86. The lowest BCUT2D eigenvalue weighted by molar-refractivity contribution is 0.296. The Labute approximate surface area is 138 Å². The molecule has 0 amide bonds. The molecule has 2 aromatic rings. The van der Waals surface area contributed by atoms with Gasteiger partial charge < -0.3 is 19.9 Å². The first-order valence-corrected chi connectivity index (χ1v) is 7.96. The van der Waals surface area contributed by atoms with E-state index in [1.54, 1.807) is 7.11 Å². The van der Waals surface area contributed by atoms with Crippen molar-refractivity contribution < 1.29 is 14.2 Å². The minimum Gasteiger partial charge on any atom is -0.497 e. The van der Waals surface area contributed by atoms with E-state index in [1.807, 2.05) is 43.3 Å². The summed E-state index contributed by atoms with van der Waals surface area (Å²) in [4.78, 5) is 0. The summed E-state index contributed by atoms with van der Waals surface area (Å²) < 4.78 is 16.5. The topological polar surface area (TPSA) is 53.7 Å². The van der Waals surface area contributed by atoms with E-state index in [9.17, 15) is 0 Å². The second-order valence-corrected chi connectivity index (χ2v) is 5.25. The van der Waals surface area contributed by atoms with E-state index in [-0.39, 0.29) is 5.92 Å². The summed E-state index contributed by atoms with van der Waals surface area (Å²) in [5.74, 6) is 2.77. The Balaban J connectivity index is 1.89. The minimum atomic E-state index is 0.274. The maximum atomic E-state index is 5.92. The van der Waals surface area contributed by atoms with Gasteiger partial charge in [0.05, 0.1) is 20.3 Å². The van der Waals surface area contributed by atoms with Gasteiger partial charge in [0.25, 0.3) is 0 Å². The van der Waals surface area contributed by atoms with Crippen molar-refractivity contribution in [3.05, 3.63) is 54.1 Å². The van der Waals surface area contributed by atoms with Crippen molar-refractivity contribution in [2.45, 2.75) is 19.3 Å². The molecular formula is C19H25NO3. The molecule has 124 valence electrons. The van der Waals surface area contributed by atoms with Crippen molar-refractivity contribution in [1.82, 2.24) is 0 Å². The maximum absolute atomic E-state index is 5.92. The van der Waals surface area contributed by atoms with Crippen molar-refractivity contribution in [1.29, 1.82) is 0 Å². The molecule has 0 spiro atoms. The summed E-state index contributed by atoms with van der Waals surface area (Å²) in [5.41, 5.74) is 7.13. The van der Waals surface area contributed by atoms with Crippen molar-refractivity contribution in [2.24, 2.45) is 5.73 Å². The third-order valence-electron chi connectivity index (χ3n) is 3.72. The predicted molar refractivity (Wildman–Crippen MR) is 92.5 cm³/mol. The number of methoxy groups -OCH3 is 1. The molecule has 4 heteroatoms. The molecule has 2 N–H and O–H groups in total. The molecule has 4 nitrogen and oxygen atoms in total. The average Bonchev–Trinajstić information content (AvgIpc) is 2.60. The number of ether oxygens (including phenoxy) is 3. The highest BCUT2D eigenvalue weighted by atomic mass is 16.5. The molecule has 0 saturated heterocycles. The van der Waals surface area contributed by atoms with Gasteiger partial charge in [-0.2, -0.15) is 0 Å². The summed E-state index contributed by atoms with van der Waals surface area (Å²) in [7, 11) is 1.65. The van der Waals surface area contributed by atoms with Crippen LogP contribution in [0.1, 0.15) is 24.8 Å². The van der Waals surface area contributed by atoms with E-state index in [1.165, 1.54) is 5.56 Å². The van der Waals surface area contributed by atoms with Crippen molar-refractivity contribution >= 4 is 0 Å². The van der Waals surface area contributed by atoms with Crippen LogP contribution in [-0.4, -0.2) is 26.9 Å². The zero-order valence-corrected chi connectivity index (χ0v) is 13.8. The largest absolute Gasteiger partial charge is 0.497 e. The first-order chi connectivity index (χ1) is 11.3. The summed E-state index contributed by atoms with van der Waals surface area (Å²) in [6.07, 6.45) is 0.863. The van der Waals surface area contributed by atoms with E-state index in [4.69, 9.17) is 19.9 Å². The summed E-state index contributed by atoms with van der Waals surface area (Å²) in [5, 5.41) is 0. The highest BCUT2D eigenvalue weighted by molar-refractivity contribution is 5.33. The first kappa shape index (κ1) is 17.2. The van der Waals surface area contributed by atoms with Crippen LogP contribution in [0.2, 0.25) is 0 Å². The fourth-order valence-corrected chi connectivity index (χ4v) is 2.43. The highest BCUT2D eigenvalue weighted by Gasteiger charge is 2.10. The lowest BCUT2D eigenvalue weighted by atomic mass is 9.96. The molecule has 0 heterocycles. The first-order valence-electron chi connectivity index (χ1n) is 7.96.